The highest BCUT2D eigenvalue weighted by molar-refractivity contribution is 7.92. The number of hydrogen-bond donors (Lipinski definition) is 1. The fourth-order valence-corrected chi connectivity index (χ4v) is 5.25. The van der Waals surface area contributed by atoms with Crippen LogP contribution in [-0.2, 0) is 29.1 Å². The summed E-state index contributed by atoms with van der Waals surface area (Å²) >= 11 is 0. The lowest BCUT2D eigenvalue weighted by Gasteiger charge is -2.30. The molecular formula is C26H31N9O2S. The van der Waals surface area contributed by atoms with Crippen LogP contribution in [0, 0.1) is 0 Å². The highest BCUT2D eigenvalue weighted by Gasteiger charge is 2.21. The van der Waals surface area contributed by atoms with Crippen LogP contribution in [0.25, 0.3) is 16.9 Å². The molecule has 3 heterocycles. The van der Waals surface area contributed by atoms with E-state index in [-0.39, 0.29) is 17.9 Å². The Hall–Kier alpha value is -3.90. The fourth-order valence-electron chi connectivity index (χ4n) is 4.71. The molecule has 0 spiro atoms. The van der Waals surface area contributed by atoms with Crippen LogP contribution in [-0.4, -0.2) is 71.1 Å². The summed E-state index contributed by atoms with van der Waals surface area (Å²) in [6.45, 7) is 3.99. The molecule has 0 fully saturated rings. The van der Waals surface area contributed by atoms with Gasteiger partial charge in [-0.05, 0) is 56.6 Å². The highest BCUT2D eigenvalue weighted by Crippen LogP contribution is 2.27. The Morgan fingerprint density at radius 2 is 2.03 bits per heavy atom. The van der Waals surface area contributed by atoms with Gasteiger partial charge in [0.1, 0.15) is 5.39 Å². The van der Waals surface area contributed by atoms with E-state index < -0.39 is 9.73 Å². The van der Waals surface area contributed by atoms with Gasteiger partial charge in [-0.15, -0.1) is 6.58 Å². The molecule has 4 aromatic rings. The Bertz CT molecular complexity index is 1710. The van der Waals surface area contributed by atoms with Crippen molar-refractivity contribution >= 4 is 38.2 Å². The number of aromatic nitrogens is 6. The number of nitrogens with one attached hydrogen (secondary N) is 1. The maximum atomic E-state index is 13.2. The van der Waals surface area contributed by atoms with Gasteiger partial charge in [0, 0.05) is 40.2 Å². The third kappa shape index (κ3) is 5.22. The largest absolute Gasteiger partial charge is 0.324 e. The van der Waals surface area contributed by atoms with Crippen LogP contribution < -0.4 is 10.9 Å². The number of benzene rings is 1. The van der Waals surface area contributed by atoms with Crippen LogP contribution in [0.1, 0.15) is 17.5 Å². The fraction of sp³-hybridized carbons (Fsp3) is 0.346. The minimum Gasteiger partial charge on any atom is -0.324 e. The molecule has 1 aromatic carbocycles. The number of anilines is 2. The molecule has 3 aromatic heterocycles. The maximum absolute atomic E-state index is 13.2. The Labute approximate surface area is 221 Å². The van der Waals surface area contributed by atoms with Gasteiger partial charge in [0.05, 0.1) is 18.9 Å². The molecule has 198 valence electrons. The monoisotopic (exact) mass is 533 g/mol. The smallest absolute Gasteiger partial charge is 0.278 e. The molecule has 1 N–H and O–H groups in total. The molecule has 5 rings (SSSR count). The van der Waals surface area contributed by atoms with Gasteiger partial charge in [0.15, 0.2) is 17.3 Å². The lowest BCUT2D eigenvalue weighted by molar-refractivity contribution is 0.268. The zero-order valence-corrected chi connectivity index (χ0v) is 22.8. The molecular weight excluding hydrogens is 502 g/mol. The average molecular weight is 534 g/mol. The number of fused-ring (bicyclic) bond motifs is 2. The van der Waals surface area contributed by atoms with Gasteiger partial charge in [-0.3, -0.25) is 9.78 Å². The molecule has 1 aliphatic carbocycles. The minimum atomic E-state index is -2.45. The van der Waals surface area contributed by atoms with Crippen molar-refractivity contribution in [2.24, 2.45) is 4.36 Å². The zero-order valence-electron chi connectivity index (χ0n) is 22.0. The minimum absolute atomic E-state index is 0.204. The number of aryl methyl sites for hydroxylation is 1. The van der Waals surface area contributed by atoms with Gasteiger partial charge in [0.25, 0.3) is 5.56 Å². The van der Waals surface area contributed by atoms with Gasteiger partial charge >= 0.3 is 0 Å². The molecule has 1 atom stereocenters. The zero-order chi connectivity index (χ0) is 27.0. The summed E-state index contributed by atoms with van der Waals surface area (Å²) in [6.07, 6.45) is 12.3. The first-order chi connectivity index (χ1) is 18.1. The third-order valence-electron chi connectivity index (χ3n) is 6.51. The van der Waals surface area contributed by atoms with Crippen molar-refractivity contribution in [1.29, 1.82) is 0 Å². The summed E-state index contributed by atoms with van der Waals surface area (Å²) < 4.78 is 19.4. The van der Waals surface area contributed by atoms with Crippen molar-refractivity contribution in [2.45, 2.75) is 31.8 Å². The Kier molecular flexibility index (Phi) is 6.84. The van der Waals surface area contributed by atoms with E-state index in [1.54, 1.807) is 10.8 Å². The summed E-state index contributed by atoms with van der Waals surface area (Å²) in [6, 6.07) is 6.89. The first-order valence-corrected chi connectivity index (χ1v) is 14.6. The van der Waals surface area contributed by atoms with Crippen LogP contribution in [0.2, 0.25) is 0 Å². The van der Waals surface area contributed by atoms with E-state index in [9.17, 15) is 9.00 Å². The van der Waals surface area contributed by atoms with Crippen LogP contribution >= 0.6 is 0 Å². The normalized spacial score (nSPS) is 15.4. The lowest BCUT2D eigenvalue weighted by atomic mass is 9.87. The Morgan fingerprint density at radius 1 is 1.21 bits per heavy atom. The van der Waals surface area contributed by atoms with E-state index in [1.807, 2.05) is 6.07 Å². The second kappa shape index (κ2) is 10.1. The van der Waals surface area contributed by atoms with Crippen LogP contribution in [0.15, 0.2) is 58.6 Å². The standard InChI is InChI=1S/C26H31N9O2S/c1-6-11-34-25(36)21-14-28-26(29-19-9-7-18-13-20(33(2)3)10-8-17(18)12-19)31-24(21)35(34)23-16-27-15-22(30-23)32-38(4,5)37/h6-7,9,12,14-16,20H,1,8,10-11,13H2,2-5H3,(H,28,29,31). The molecule has 0 bridgehead atoms. The molecule has 1 unspecified atom stereocenters. The molecule has 38 heavy (non-hydrogen) atoms. The Balaban J connectivity index is 1.55. The summed E-state index contributed by atoms with van der Waals surface area (Å²) in [5, 5.41) is 3.62. The van der Waals surface area contributed by atoms with Crippen molar-refractivity contribution in [3.05, 3.63) is 70.9 Å². The quantitative estimate of drug-likeness (QED) is 0.360. The first kappa shape index (κ1) is 25.7. The predicted molar refractivity (Wildman–Crippen MR) is 150 cm³/mol. The lowest BCUT2D eigenvalue weighted by Crippen LogP contribution is -2.33. The molecule has 0 saturated heterocycles. The number of hydrogen-bond acceptors (Lipinski definition) is 9. The molecule has 0 radical (unpaired) electrons. The van der Waals surface area contributed by atoms with Crippen LogP contribution in [0.3, 0.4) is 0 Å². The predicted octanol–water partition coefficient (Wildman–Crippen LogP) is 3.08. The summed E-state index contributed by atoms with van der Waals surface area (Å²) in [5.41, 5.74) is 3.64. The van der Waals surface area contributed by atoms with Crippen molar-refractivity contribution in [3.8, 4) is 5.82 Å². The van der Waals surface area contributed by atoms with Gasteiger partial charge < -0.3 is 10.2 Å². The van der Waals surface area contributed by atoms with Crippen molar-refractivity contribution < 1.29 is 4.21 Å². The number of nitrogens with zero attached hydrogens (tertiary/aromatic N) is 8. The van der Waals surface area contributed by atoms with Crippen molar-refractivity contribution in [3.63, 3.8) is 0 Å². The number of likely N-dealkylation sites (N-methyl/N-ethyl adjacent to an activating group) is 1. The van der Waals surface area contributed by atoms with Crippen LogP contribution in [0.4, 0.5) is 17.5 Å². The molecule has 12 heteroatoms. The third-order valence-corrected chi connectivity index (χ3v) is 7.14. The Morgan fingerprint density at radius 3 is 2.76 bits per heavy atom. The molecule has 11 nitrogen and oxygen atoms in total. The average Bonchev–Trinajstić information content (AvgIpc) is 3.13. The number of allylic oxidation sites excluding steroid dienone is 1. The van der Waals surface area contributed by atoms with E-state index in [2.05, 4.69) is 67.3 Å². The SMILES string of the molecule is C=CCn1c(=O)c2cnc(Nc3ccc4c(c3)CCC(N(C)C)C4)nc2n1-c1cncc(N=S(C)(C)=O)n1. The highest BCUT2D eigenvalue weighted by atomic mass is 32.2. The molecule has 0 aliphatic heterocycles. The van der Waals surface area contributed by atoms with E-state index in [4.69, 9.17) is 0 Å². The summed E-state index contributed by atoms with van der Waals surface area (Å²) in [5.74, 6) is 0.871. The second-order valence-corrected chi connectivity index (χ2v) is 12.4. The van der Waals surface area contributed by atoms with Gasteiger partial charge in [-0.2, -0.15) is 9.35 Å². The van der Waals surface area contributed by atoms with E-state index in [1.165, 1.54) is 46.9 Å². The van der Waals surface area contributed by atoms with Crippen molar-refractivity contribution in [2.75, 3.05) is 31.9 Å². The molecule has 0 amide bonds. The summed E-state index contributed by atoms with van der Waals surface area (Å²) in [4.78, 5) is 33.3. The summed E-state index contributed by atoms with van der Waals surface area (Å²) in [7, 11) is 1.81. The second-order valence-electron chi connectivity index (χ2n) is 9.90. The van der Waals surface area contributed by atoms with Crippen molar-refractivity contribution in [1.82, 2.24) is 34.2 Å². The van der Waals surface area contributed by atoms with Gasteiger partial charge in [-0.25, -0.2) is 23.5 Å². The maximum Gasteiger partial charge on any atom is 0.278 e. The van der Waals surface area contributed by atoms with E-state index in [0.29, 0.717) is 28.8 Å². The van der Waals surface area contributed by atoms with Gasteiger partial charge in [0.2, 0.25) is 5.95 Å². The van der Waals surface area contributed by atoms with Gasteiger partial charge in [-0.1, -0.05) is 12.1 Å². The van der Waals surface area contributed by atoms with Crippen LogP contribution in [0.5, 0.6) is 0 Å². The molecule has 1 aliphatic rings. The molecule has 0 saturated carbocycles. The topological polar surface area (TPSA) is 123 Å². The first-order valence-electron chi connectivity index (χ1n) is 12.3. The van der Waals surface area contributed by atoms with E-state index >= 15 is 0 Å². The van der Waals surface area contributed by atoms with E-state index in [0.717, 1.165) is 24.9 Å². The number of rotatable bonds is 7.